The normalized spacial score (nSPS) is 16.4. The molecule has 0 radical (unpaired) electrons. The number of carboxylic acids is 1. The highest BCUT2D eigenvalue weighted by molar-refractivity contribution is 5.99. The molecular formula is C29H26FN3O4. The number of pyridine rings is 1. The van der Waals surface area contributed by atoms with Crippen molar-refractivity contribution in [2.24, 2.45) is 0 Å². The van der Waals surface area contributed by atoms with E-state index in [9.17, 15) is 14.7 Å². The topological polar surface area (TPSA) is 83.8 Å². The van der Waals surface area contributed by atoms with E-state index in [-0.39, 0.29) is 16.8 Å². The lowest BCUT2D eigenvalue weighted by molar-refractivity contribution is 0.0695. The molecule has 3 aromatic carbocycles. The molecule has 1 aromatic heterocycles. The summed E-state index contributed by atoms with van der Waals surface area (Å²) in [6.07, 6.45) is 4.41. The van der Waals surface area contributed by atoms with E-state index in [1.165, 1.54) is 6.20 Å². The lowest BCUT2D eigenvalue weighted by atomic mass is 10.0. The number of halogens is 1. The maximum Gasteiger partial charge on any atom is 0.341 e. The third-order valence-electron chi connectivity index (χ3n) is 7.41. The van der Waals surface area contributed by atoms with Crippen LogP contribution < -0.4 is 15.5 Å². The molecule has 1 unspecified atom stereocenters. The van der Waals surface area contributed by atoms with Crippen molar-refractivity contribution in [3.63, 3.8) is 0 Å². The summed E-state index contributed by atoms with van der Waals surface area (Å²) in [5.74, 6) is -1.40. The quantitative estimate of drug-likeness (QED) is 0.321. The third-order valence-corrected chi connectivity index (χ3v) is 7.41. The number of likely N-dealkylation sites (tertiary alicyclic amines) is 1. The minimum atomic E-state index is -1.37. The summed E-state index contributed by atoms with van der Waals surface area (Å²) in [5.41, 5.74) is 1.79. The van der Waals surface area contributed by atoms with E-state index < -0.39 is 22.8 Å². The van der Waals surface area contributed by atoms with E-state index in [0.717, 1.165) is 43.0 Å². The van der Waals surface area contributed by atoms with Gasteiger partial charge in [-0.25, -0.2) is 9.18 Å². The van der Waals surface area contributed by atoms with Crippen molar-refractivity contribution in [2.75, 3.05) is 25.5 Å². The number of fused-ring (bicyclic) bond motifs is 2. The molecule has 2 aliphatic heterocycles. The number of hydrogen-bond donors (Lipinski definition) is 2. The first-order chi connectivity index (χ1) is 17.9. The number of nitrogens with one attached hydrogen (secondary N) is 1. The van der Waals surface area contributed by atoms with E-state index in [4.69, 9.17) is 4.74 Å². The Morgan fingerprint density at radius 1 is 1.16 bits per heavy atom. The third kappa shape index (κ3) is 3.94. The van der Waals surface area contributed by atoms with E-state index in [2.05, 4.69) is 17.3 Å². The average Bonchev–Trinajstić information content (AvgIpc) is 3.31. The van der Waals surface area contributed by atoms with E-state index in [1.807, 2.05) is 42.5 Å². The lowest BCUT2D eigenvalue weighted by Crippen LogP contribution is -2.27. The molecule has 0 saturated carbocycles. The van der Waals surface area contributed by atoms with Crippen LogP contribution in [0.25, 0.3) is 27.7 Å². The molecule has 6 rings (SSSR count). The minimum absolute atomic E-state index is 0.0377. The molecule has 37 heavy (non-hydrogen) atoms. The predicted octanol–water partition coefficient (Wildman–Crippen LogP) is 5.50. The largest absolute Gasteiger partial charge is 0.477 e. The van der Waals surface area contributed by atoms with Crippen LogP contribution in [-0.2, 0) is 0 Å². The van der Waals surface area contributed by atoms with Crippen LogP contribution in [0.3, 0.4) is 0 Å². The molecule has 1 saturated heterocycles. The first-order valence-electron chi connectivity index (χ1n) is 12.4. The fourth-order valence-electron chi connectivity index (χ4n) is 5.45. The van der Waals surface area contributed by atoms with Crippen LogP contribution in [-0.4, -0.2) is 46.7 Å². The number of rotatable bonds is 6. The molecule has 2 aliphatic rings. The van der Waals surface area contributed by atoms with Crippen molar-refractivity contribution in [1.82, 2.24) is 9.47 Å². The van der Waals surface area contributed by atoms with Crippen molar-refractivity contribution in [3.05, 3.63) is 82.4 Å². The fourth-order valence-corrected chi connectivity index (χ4v) is 5.45. The predicted molar refractivity (Wildman–Crippen MR) is 141 cm³/mol. The molecule has 4 aromatic rings. The van der Waals surface area contributed by atoms with Crippen LogP contribution in [0.4, 0.5) is 10.1 Å². The van der Waals surface area contributed by atoms with Crippen LogP contribution >= 0.6 is 0 Å². The van der Waals surface area contributed by atoms with Gasteiger partial charge in [-0.1, -0.05) is 36.4 Å². The van der Waals surface area contributed by atoms with Crippen molar-refractivity contribution >= 4 is 22.6 Å². The van der Waals surface area contributed by atoms with Gasteiger partial charge in [-0.15, -0.1) is 0 Å². The highest BCUT2D eigenvalue weighted by Crippen LogP contribution is 2.46. The second-order valence-corrected chi connectivity index (χ2v) is 9.65. The number of aromatic carboxylic acids is 1. The van der Waals surface area contributed by atoms with Crippen LogP contribution in [0.2, 0.25) is 0 Å². The van der Waals surface area contributed by atoms with Gasteiger partial charge in [0.05, 0.1) is 11.1 Å². The lowest BCUT2D eigenvalue weighted by Gasteiger charge is -2.27. The Morgan fingerprint density at radius 2 is 1.97 bits per heavy atom. The molecule has 2 N–H and O–H groups in total. The Balaban J connectivity index is 1.50. The van der Waals surface area contributed by atoms with Crippen LogP contribution in [0, 0.1) is 5.82 Å². The van der Waals surface area contributed by atoms with E-state index >= 15 is 4.39 Å². The van der Waals surface area contributed by atoms with Gasteiger partial charge >= 0.3 is 5.97 Å². The van der Waals surface area contributed by atoms with Crippen molar-refractivity contribution in [1.29, 1.82) is 0 Å². The molecule has 3 heterocycles. The molecule has 188 valence electrons. The number of anilines is 1. The fraction of sp³-hybridized carbons (Fsp3) is 0.241. The van der Waals surface area contributed by atoms with Gasteiger partial charge in [0.2, 0.25) is 5.43 Å². The van der Waals surface area contributed by atoms with Gasteiger partial charge < -0.3 is 24.6 Å². The molecule has 8 heteroatoms. The number of nitrogens with zero attached hydrogens (tertiary/aromatic N) is 2. The Kier molecular flexibility index (Phi) is 5.68. The first kappa shape index (κ1) is 23.2. The zero-order valence-corrected chi connectivity index (χ0v) is 20.3. The van der Waals surface area contributed by atoms with E-state index in [1.54, 1.807) is 10.6 Å². The van der Waals surface area contributed by atoms with Gasteiger partial charge in [-0.2, -0.15) is 0 Å². The summed E-state index contributed by atoms with van der Waals surface area (Å²) in [5, 5.41) is 12.9. The highest BCUT2D eigenvalue weighted by atomic mass is 19.1. The molecule has 0 bridgehead atoms. The zero-order chi connectivity index (χ0) is 25.7. The van der Waals surface area contributed by atoms with Crippen molar-refractivity contribution in [3.8, 4) is 28.3 Å². The molecule has 0 spiro atoms. The summed E-state index contributed by atoms with van der Waals surface area (Å²) in [7, 11) is 2.10. The van der Waals surface area contributed by atoms with Gasteiger partial charge in [0.15, 0.2) is 17.3 Å². The summed E-state index contributed by atoms with van der Waals surface area (Å²) in [6.45, 7) is 1.59. The highest BCUT2D eigenvalue weighted by Gasteiger charge is 2.29. The maximum absolute atomic E-state index is 15.4. The minimum Gasteiger partial charge on any atom is -0.477 e. The summed E-state index contributed by atoms with van der Waals surface area (Å²) in [4.78, 5) is 27.3. The molecule has 1 atom stereocenters. The van der Waals surface area contributed by atoms with Gasteiger partial charge in [-0.3, -0.25) is 4.79 Å². The van der Waals surface area contributed by atoms with Gasteiger partial charge in [0.25, 0.3) is 0 Å². The number of carbonyl (C=O) groups is 1. The Morgan fingerprint density at radius 3 is 2.70 bits per heavy atom. The maximum atomic E-state index is 15.4. The zero-order valence-electron chi connectivity index (χ0n) is 20.3. The summed E-state index contributed by atoms with van der Waals surface area (Å²) in [6, 6.07) is 16.9. The number of benzene rings is 3. The Labute approximate surface area is 212 Å². The summed E-state index contributed by atoms with van der Waals surface area (Å²) >= 11 is 0. The number of aromatic nitrogens is 1. The van der Waals surface area contributed by atoms with Gasteiger partial charge in [0.1, 0.15) is 16.8 Å². The number of carboxylic acid groups (broad SMARTS) is 1. The number of ether oxygens (including phenoxy) is 1. The first-order valence-corrected chi connectivity index (χ1v) is 12.4. The second-order valence-electron chi connectivity index (χ2n) is 9.65. The van der Waals surface area contributed by atoms with Crippen LogP contribution in [0.15, 0.2) is 65.6 Å². The van der Waals surface area contributed by atoms with Crippen LogP contribution in [0.5, 0.6) is 11.5 Å². The Hall–Kier alpha value is -4.17. The standard InChI is InChI=1S/C29H26FN3O4/c1-32-13-5-8-19(32)11-12-31-25-22(30)15-20-26-28(25)37-24-10-9-18(17-6-3-2-4-7-17)14-23(24)33(26)16-21(27(20)34)29(35)36/h2-4,6-7,9-10,14-16,19,31H,5,8,11-13H2,1H3,(H,35,36). The van der Waals surface area contributed by atoms with Crippen molar-refractivity contribution < 1.29 is 19.0 Å². The monoisotopic (exact) mass is 499 g/mol. The molecule has 0 aliphatic carbocycles. The van der Waals surface area contributed by atoms with Gasteiger partial charge in [0, 0.05) is 18.8 Å². The van der Waals surface area contributed by atoms with Gasteiger partial charge in [-0.05, 0) is 62.2 Å². The number of hydrogen-bond acceptors (Lipinski definition) is 5. The SMILES string of the molecule is CN1CCCC1CCNc1c(F)cc2c(=O)c(C(=O)O)cn3c2c1Oc1ccc(-c2ccccc2)cc1-3. The summed E-state index contributed by atoms with van der Waals surface area (Å²) < 4.78 is 23.3. The van der Waals surface area contributed by atoms with Crippen LogP contribution in [0.1, 0.15) is 29.6 Å². The molecule has 0 amide bonds. The molecule has 1 fully saturated rings. The second kappa shape index (κ2) is 9.05. The van der Waals surface area contributed by atoms with E-state index in [0.29, 0.717) is 29.5 Å². The molecular weight excluding hydrogens is 473 g/mol. The average molecular weight is 500 g/mol. The molecule has 7 nitrogen and oxygen atoms in total. The van der Waals surface area contributed by atoms with Crippen molar-refractivity contribution in [2.45, 2.75) is 25.3 Å². The Bertz CT molecular complexity index is 1600. The smallest absolute Gasteiger partial charge is 0.341 e.